The van der Waals surface area contributed by atoms with Gasteiger partial charge in [0.25, 0.3) is 5.91 Å². The fourth-order valence-corrected chi connectivity index (χ4v) is 4.38. The molecule has 2 aliphatic heterocycles. The van der Waals surface area contributed by atoms with Gasteiger partial charge in [-0.25, -0.2) is 13.1 Å². The summed E-state index contributed by atoms with van der Waals surface area (Å²) in [6.07, 6.45) is 7.21. The summed E-state index contributed by atoms with van der Waals surface area (Å²) in [5.74, 6) is -0.0143. The Hall–Kier alpha value is -1.51. The van der Waals surface area contributed by atoms with Gasteiger partial charge in [-0.2, -0.15) is 0 Å². The number of hydrogen-bond donors (Lipinski definition) is 1. The number of piperidine rings is 1. The van der Waals surface area contributed by atoms with E-state index in [-0.39, 0.29) is 17.6 Å². The van der Waals surface area contributed by atoms with Crippen LogP contribution < -0.4 is 4.72 Å². The number of ether oxygens (including phenoxy) is 1. The van der Waals surface area contributed by atoms with E-state index in [1.54, 1.807) is 24.5 Å². The number of nitrogens with one attached hydrogen (secondary N) is 1. The number of carbonyl (C=O) groups is 1. The highest BCUT2D eigenvalue weighted by Gasteiger charge is 2.41. The second kappa shape index (κ2) is 6.78. The smallest absolute Gasteiger partial charge is 0.255 e. The van der Waals surface area contributed by atoms with Crippen molar-refractivity contribution in [2.24, 2.45) is 0 Å². The monoisotopic (exact) mass is 353 g/mol. The molecule has 1 atom stereocenters. The van der Waals surface area contributed by atoms with Crippen molar-refractivity contribution in [3.63, 3.8) is 0 Å². The maximum atomic E-state index is 12.5. The van der Waals surface area contributed by atoms with E-state index in [1.165, 1.54) is 6.26 Å². The van der Waals surface area contributed by atoms with Crippen molar-refractivity contribution in [2.45, 2.75) is 37.3 Å². The number of pyridine rings is 1. The number of aromatic nitrogens is 1. The summed E-state index contributed by atoms with van der Waals surface area (Å²) in [6, 6.07) is 3.43. The number of nitrogens with zero attached hydrogens (tertiary/aromatic N) is 2. The third kappa shape index (κ3) is 4.12. The van der Waals surface area contributed by atoms with Crippen molar-refractivity contribution in [1.29, 1.82) is 0 Å². The van der Waals surface area contributed by atoms with Crippen molar-refractivity contribution >= 4 is 15.9 Å². The average molecular weight is 353 g/mol. The minimum Gasteiger partial charge on any atom is -0.375 e. The largest absolute Gasteiger partial charge is 0.375 e. The SMILES string of the molecule is CS(=O)(=O)N[C@H]1CCOC2(CCN(C(=O)c3cccnc3)CC2)C1. The normalized spacial score (nSPS) is 24.0. The lowest BCUT2D eigenvalue weighted by Gasteiger charge is -2.46. The minimum atomic E-state index is -3.22. The first-order valence-corrected chi connectivity index (χ1v) is 10.1. The summed E-state index contributed by atoms with van der Waals surface area (Å²) in [4.78, 5) is 18.3. The fourth-order valence-electron chi connectivity index (χ4n) is 3.57. The van der Waals surface area contributed by atoms with Gasteiger partial charge in [0, 0.05) is 38.1 Å². The second-order valence-corrected chi connectivity index (χ2v) is 8.43. The summed E-state index contributed by atoms with van der Waals surface area (Å²) >= 11 is 0. The van der Waals surface area contributed by atoms with Crippen LogP contribution in [0.25, 0.3) is 0 Å². The molecule has 1 amide bonds. The molecule has 0 saturated carbocycles. The standard InChI is InChI=1S/C16H23N3O4S/c1-24(21,22)18-14-4-10-23-16(11-14)5-8-19(9-6-16)15(20)13-3-2-7-17-12-13/h2-3,7,12,14,18H,4-6,8-11H2,1H3/t14-/m0/s1. The molecule has 7 nitrogen and oxygen atoms in total. The van der Waals surface area contributed by atoms with Crippen LogP contribution in [0.1, 0.15) is 36.0 Å². The highest BCUT2D eigenvalue weighted by atomic mass is 32.2. The first-order valence-electron chi connectivity index (χ1n) is 8.17. The van der Waals surface area contributed by atoms with Crippen LogP contribution in [0.3, 0.4) is 0 Å². The molecule has 2 aliphatic rings. The molecule has 24 heavy (non-hydrogen) atoms. The van der Waals surface area contributed by atoms with Crippen LogP contribution >= 0.6 is 0 Å². The molecule has 1 spiro atoms. The molecule has 1 aromatic heterocycles. The van der Waals surface area contributed by atoms with Crippen LogP contribution in [0.4, 0.5) is 0 Å². The van der Waals surface area contributed by atoms with Gasteiger partial charge in [0.05, 0.1) is 17.4 Å². The average Bonchev–Trinajstić information content (AvgIpc) is 2.54. The van der Waals surface area contributed by atoms with Crippen molar-refractivity contribution in [1.82, 2.24) is 14.6 Å². The van der Waals surface area contributed by atoms with Crippen molar-refractivity contribution in [2.75, 3.05) is 26.0 Å². The van der Waals surface area contributed by atoms with E-state index in [4.69, 9.17) is 4.74 Å². The quantitative estimate of drug-likeness (QED) is 0.868. The van der Waals surface area contributed by atoms with Gasteiger partial charge in [0.2, 0.25) is 10.0 Å². The Bertz CT molecular complexity index is 685. The molecular formula is C16H23N3O4S. The van der Waals surface area contributed by atoms with Crippen molar-refractivity contribution in [3.05, 3.63) is 30.1 Å². The molecule has 2 fully saturated rings. The van der Waals surface area contributed by atoms with Gasteiger partial charge in [-0.3, -0.25) is 9.78 Å². The first kappa shape index (κ1) is 17.3. The summed E-state index contributed by atoms with van der Waals surface area (Å²) < 4.78 is 31.6. The van der Waals surface area contributed by atoms with Crippen LogP contribution in [0.15, 0.2) is 24.5 Å². The number of amides is 1. The molecule has 0 bridgehead atoms. The number of rotatable bonds is 3. The van der Waals surface area contributed by atoms with Crippen molar-refractivity contribution < 1.29 is 17.9 Å². The summed E-state index contributed by atoms with van der Waals surface area (Å²) in [5, 5.41) is 0. The van der Waals surface area contributed by atoms with Crippen LogP contribution in [-0.4, -0.2) is 61.8 Å². The van der Waals surface area contributed by atoms with Crippen LogP contribution in [0.2, 0.25) is 0 Å². The third-order valence-electron chi connectivity index (χ3n) is 4.74. The zero-order valence-corrected chi connectivity index (χ0v) is 14.6. The second-order valence-electron chi connectivity index (χ2n) is 6.65. The van der Waals surface area contributed by atoms with Crippen LogP contribution in [0, 0.1) is 0 Å². The molecule has 3 rings (SSSR count). The molecule has 132 valence electrons. The Labute approximate surface area is 142 Å². The topological polar surface area (TPSA) is 88.6 Å². The lowest BCUT2D eigenvalue weighted by molar-refractivity contribution is -0.113. The predicted octanol–water partition coefficient (Wildman–Crippen LogP) is 0.785. The molecule has 3 heterocycles. The Morgan fingerprint density at radius 1 is 1.42 bits per heavy atom. The Morgan fingerprint density at radius 3 is 2.79 bits per heavy atom. The Kier molecular flexibility index (Phi) is 4.89. The molecule has 1 aromatic rings. The van der Waals surface area contributed by atoms with Gasteiger partial charge in [0.15, 0.2) is 0 Å². The van der Waals surface area contributed by atoms with E-state index < -0.39 is 10.0 Å². The fraction of sp³-hybridized carbons (Fsp3) is 0.625. The van der Waals surface area contributed by atoms with E-state index in [9.17, 15) is 13.2 Å². The maximum Gasteiger partial charge on any atom is 0.255 e. The molecule has 8 heteroatoms. The zero-order chi connectivity index (χ0) is 17.2. The van der Waals surface area contributed by atoms with E-state index in [1.807, 2.05) is 4.90 Å². The summed E-state index contributed by atoms with van der Waals surface area (Å²) in [6.45, 7) is 1.77. The third-order valence-corrected chi connectivity index (χ3v) is 5.51. The molecule has 2 saturated heterocycles. The number of hydrogen-bond acceptors (Lipinski definition) is 5. The predicted molar refractivity (Wildman–Crippen MR) is 89.1 cm³/mol. The first-order chi connectivity index (χ1) is 11.4. The van der Waals surface area contributed by atoms with Gasteiger partial charge < -0.3 is 9.64 Å². The molecule has 0 unspecified atom stereocenters. The van der Waals surface area contributed by atoms with Crippen LogP contribution in [-0.2, 0) is 14.8 Å². The number of carbonyl (C=O) groups excluding carboxylic acids is 1. The minimum absolute atomic E-state index is 0.0143. The molecule has 1 N–H and O–H groups in total. The van der Waals surface area contributed by atoms with Gasteiger partial charge >= 0.3 is 0 Å². The van der Waals surface area contributed by atoms with E-state index in [0.29, 0.717) is 38.1 Å². The Balaban J connectivity index is 1.60. The molecule has 0 aliphatic carbocycles. The molecule has 0 aromatic carbocycles. The van der Waals surface area contributed by atoms with Gasteiger partial charge in [-0.15, -0.1) is 0 Å². The summed E-state index contributed by atoms with van der Waals surface area (Å²) in [5.41, 5.74) is 0.265. The van der Waals surface area contributed by atoms with E-state index in [2.05, 4.69) is 9.71 Å². The highest BCUT2D eigenvalue weighted by Crippen LogP contribution is 2.35. The van der Waals surface area contributed by atoms with Crippen molar-refractivity contribution in [3.8, 4) is 0 Å². The van der Waals surface area contributed by atoms with E-state index >= 15 is 0 Å². The lowest BCUT2D eigenvalue weighted by atomic mass is 9.82. The van der Waals surface area contributed by atoms with Gasteiger partial charge in [0.1, 0.15) is 0 Å². The zero-order valence-electron chi connectivity index (χ0n) is 13.8. The summed E-state index contributed by atoms with van der Waals surface area (Å²) in [7, 11) is -3.22. The number of sulfonamides is 1. The maximum absolute atomic E-state index is 12.5. The Morgan fingerprint density at radius 2 is 2.17 bits per heavy atom. The van der Waals surface area contributed by atoms with Gasteiger partial charge in [-0.1, -0.05) is 0 Å². The van der Waals surface area contributed by atoms with E-state index in [0.717, 1.165) is 12.8 Å². The molecule has 0 radical (unpaired) electrons. The molecular weight excluding hydrogens is 330 g/mol. The van der Waals surface area contributed by atoms with Crippen LogP contribution in [0.5, 0.6) is 0 Å². The highest BCUT2D eigenvalue weighted by molar-refractivity contribution is 7.88. The number of likely N-dealkylation sites (tertiary alicyclic amines) is 1. The lowest BCUT2D eigenvalue weighted by Crippen LogP contribution is -2.54. The van der Waals surface area contributed by atoms with Gasteiger partial charge in [-0.05, 0) is 37.8 Å².